The summed E-state index contributed by atoms with van der Waals surface area (Å²) in [5, 5.41) is 8.78. The van der Waals surface area contributed by atoms with Gasteiger partial charge < -0.3 is 9.90 Å². The minimum Gasteiger partial charge on any atom is -0.542 e. The Bertz CT molecular complexity index is 565. The van der Waals surface area contributed by atoms with Crippen LogP contribution in [0.1, 0.15) is 0 Å². The van der Waals surface area contributed by atoms with Gasteiger partial charge in [0.05, 0.1) is 0 Å². The molecule has 0 saturated carbocycles. The molecule has 0 atom stereocenters. The second kappa shape index (κ2) is 8.06. The summed E-state index contributed by atoms with van der Waals surface area (Å²) in [7, 11) is 0. The first-order valence-corrected chi connectivity index (χ1v) is 7.78. The number of rotatable bonds is 2. The topological polar surface area (TPSA) is 40.1 Å². The molecule has 8 heteroatoms. The summed E-state index contributed by atoms with van der Waals surface area (Å²) < 4.78 is 59.1. The number of hydrogen-bond acceptors (Lipinski definition) is 2. The number of carboxylic acid groups (broad SMARTS) is 1. The Labute approximate surface area is 132 Å². The van der Waals surface area contributed by atoms with Crippen molar-refractivity contribution in [2.75, 3.05) is 0 Å². The van der Waals surface area contributed by atoms with E-state index in [9.17, 15) is 22.0 Å². The molecule has 118 valence electrons. The van der Waals surface area contributed by atoms with Crippen LogP contribution in [-0.2, 0) is 4.79 Å². The highest BCUT2D eigenvalue weighted by molar-refractivity contribution is 5.70. The van der Waals surface area contributed by atoms with Crippen molar-refractivity contribution in [2.24, 2.45) is 0 Å². The number of carboxylic acids is 1. The molecule has 0 radical (unpaired) electrons. The number of hydrogen-bond donors (Lipinski definition) is 0. The molecule has 0 heterocycles. The lowest BCUT2D eigenvalue weighted by Gasteiger charge is -2.03. The van der Waals surface area contributed by atoms with Crippen LogP contribution >= 0.6 is 0 Å². The van der Waals surface area contributed by atoms with E-state index in [1.165, 1.54) is 24.3 Å². The van der Waals surface area contributed by atoms with Crippen LogP contribution < -0.4 is 26.3 Å². The third-order valence-electron chi connectivity index (χ3n) is 2.06. The molecule has 0 amide bonds. The predicted molar refractivity (Wildman–Crippen MR) is 61.3 cm³/mol. The van der Waals surface area contributed by atoms with Crippen molar-refractivity contribution in [1.82, 2.24) is 0 Å². The van der Waals surface area contributed by atoms with Crippen LogP contribution in [-0.4, -0.2) is 12.1 Å². The first-order valence-electron chi connectivity index (χ1n) is 5.62. The van der Waals surface area contributed by atoms with Gasteiger partial charge in [-0.2, -0.15) is 13.2 Å². The second-order valence-corrected chi connectivity index (χ2v) is 6.78. The zero-order valence-electron chi connectivity index (χ0n) is 10.7. The third-order valence-corrected chi connectivity index (χ3v) is 4.74. The van der Waals surface area contributed by atoms with Gasteiger partial charge in [0.15, 0.2) is 7.14 Å². The normalized spacial score (nSPS) is 10.6. The standard InChI is InChI=1S/C12H8F2I.C2HF3O2/c13-9-1-5-11(6-2-9)15-12-7-3-10(14)4-8-12;3-2(4,5)1(6)7/h1-8H;(H,6,7)/q+1;/p-1. The van der Waals surface area contributed by atoms with Gasteiger partial charge in [-0.05, 0) is 48.5 Å². The van der Waals surface area contributed by atoms with E-state index in [1.807, 2.05) is 0 Å². The Morgan fingerprint density at radius 2 is 1.09 bits per heavy atom. The fraction of sp³-hybridized carbons (Fsp3) is 0.0714. The molecule has 0 saturated heterocycles. The highest BCUT2D eigenvalue weighted by atomic mass is 127. The average Bonchev–Trinajstić information content (AvgIpc) is 2.43. The van der Waals surface area contributed by atoms with E-state index in [2.05, 4.69) is 0 Å². The summed E-state index contributed by atoms with van der Waals surface area (Å²) >= 11 is -0.330. The van der Waals surface area contributed by atoms with Crippen molar-refractivity contribution in [3.8, 4) is 0 Å². The van der Waals surface area contributed by atoms with Crippen LogP contribution in [0.25, 0.3) is 0 Å². The van der Waals surface area contributed by atoms with Crippen molar-refractivity contribution >= 4 is 5.97 Å². The molecule has 0 aliphatic rings. The summed E-state index contributed by atoms with van der Waals surface area (Å²) in [6.45, 7) is 0. The smallest absolute Gasteiger partial charge is 0.430 e. The number of carbonyl (C=O) groups excluding carboxylic acids is 1. The Morgan fingerprint density at radius 3 is 1.32 bits per heavy atom. The minimum absolute atomic E-state index is 0.220. The van der Waals surface area contributed by atoms with E-state index in [-0.39, 0.29) is 32.8 Å². The van der Waals surface area contributed by atoms with E-state index < -0.39 is 12.1 Å². The molecule has 0 N–H and O–H groups in total. The van der Waals surface area contributed by atoms with Crippen molar-refractivity contribution in [1.29, 1.82) is 0 Å². The number of halogens is 6. The number of alkyl halides is 3. The van der Waals surface area contributed by atoms with Crippen LogP contribution in [0.5, 0.6) is 0 Å². The molecule has 0 aliphatic heterocycles. The fourth-order valence-corrected chi connectivity index (χ4v) is 3.27. The molecule has 0 spiro atoms. The number of aliphatic carboxylic acids is 1. The van der Waals surface area contributed by atoms with E-state index in [4.69, 9.17) is 9.90 Å². The highest BCUT2D eigenvalue weighted by Crippen LogP contribution is 2.11. The summed E-state index contributed by atoms with van der Waals surface area (Å²) in [5.41, 5.74) is 0. The van der Waals surface area contributed by atoms with Crippen molar-refractivity contribution in [2.45, 2.75) is 6.18 Å². The first kappa shape index (κ1) is 18.3. The monoisotopic (exact) mass is 430 g/mol. The molecular formula is C14H8F5IO2. The second-order valence-electron chi connectivity index (χ2n) is 3.75. The molecule has 0 bridgehead atoms. The van der Waals surface area contributed by atoms with Gasteiger partial charge in [-0.25, -0.2) is 8.78 Å². The summed E-state index contributed by atoms with van der Waals surface area (Å²) in [4.78, 5) is 8.78. The van der Waals surface area contributed by atoms with Gasteiger partial charge in [0, 0.05) is 0 Å². The van der Waals surface area contributed by atoms with Crippen LogP contribution in [0.15, 0.2) is 48.5 Å². The lowest BCUT2D eigenvalue weighted by molar-refractivity contribution is -0.597. The van der Waals surface area contributed by atoms with Gasteiger partial charge in [-0.1, -0.05) is 0 Å². The maximum atomic E-state index is 12.6. The van der Waals surface area contributed by atoms with Crippen LogP contribution in [0.3, 0.4) is 0 Å². The largest absolute Gasteiger partial charge is 0.542 e. The number of carbonyl (C=O) groups is 1. The average molecular weight is 430 g/mol. The lowest BCUT2D eigenvalue weighted by atomic mass is 10.4. The molecule has 2 nitrogen and oxygen atoms in total. The zero-order valence-corrected chi connectivity index (χ0v) is 12.9. The molecule has 0 fully saturated rings. The summed E-state index contributed by atoms with van der Waals surface area (Å²) in [6, 6.07) is 13.0. The zero-order chi connectivity index (χ0) is 16.8. The van der Waals surface area contributed by atoms with E-state index in [0.29, 0.717) is 0 Å². The molecule has 0 aliphatic carbocycles. The van der Waals surface area contributed by atoms with Gasteiger partial charge in [0.1, 0.15) is 17.6 Å². The maximum Gasteiger partial charge on any atom is 0.430 e. The minimum atomic E-state index is -5.19. The lowest BCUT2D eigenvalue weighted by Crippen LogP contribution is -3.61. The number of benzene rings is 2. The molecule has 0 unspecified atom stereocenters. The first-order chi connectivity index (χ1) is 10.2. The predicted octanol–water partition coefficient (Wildman–Crippen LogP) is -0.608. The van der Waals surface area contributed by atoms with Crippen LogP contribution in [0.2, 0.25) is 0 Å². The SMILES string of the molecule is Fc1ccc([I+]c2ccc(F)cc2)cc1.O=C([O-])C(F)(F)F. The molecule has 22 heavy (non-hydrogen) atoms. The Morgan fingerprint density at radius 1 is 0.818 bits per heavy atom. The van der Waals surface area contributed by atoms with Gasteiger partial charge in [-0.3, -0.25) is 0 Å². The summed E-state index contributed by atoms with van der Waals surface area (Å²) in [5.74, 6) is -3.45. The van der Waals surface area contributed by atoms with Gasteiger partial charge in [-0.15, -0.1) is 0 Å². The maximum absolute atomic E-state index is 12.6. The van der Waals surface area contributed by atoms with E-state index in [0.717, 1.165) is 7.14 Å². The van der Waals surface area contributed by atoms with Crippen LogP contribution in [0.4, 0.5) is 22.0 Å². The van der Waals surface area contributed by atoms with Crippen LogP contribution in [0, 0.1) is 18.8 Å². The van der Waals surface area contributed by atoms with E-state index in [1.54, 1.807) is 24.3 Å². The Balaban J connectivity index is 0.000000295. The Kier molecular flexibility index (Phi) is 6.72. The van der Waals surface area contributed by atoms with Crippen molar-refractivity contribution in [3.05, 3.63) is 67.3 Å². The highest BCUT2D eigenvalue weighted by Gasteiger charge is 2.28. The molecule has 2 aromatic rings. The van der Waals surface area contributed by atoms with Gasteiger partial charge in [0.25, 0.3) is 0 Å². The van der Waals surface area contributed by atoms with Gasteiger partial charge >= 0.3 is 27.4 Å². The molecule has 0 aromatic heterocycles. The Hall–Kier alpha value is -1.71. The molecular weight excluding hydrogens is 422 g/mol. The fourth-order valence-electron chi connectivity index (χ4n) is 1.11. The molecule has 2 aromatic carbocycles. The molecule has 2 rings (SSSR count). The quantitative estimate of drug-likeness (QED) is 0.472. The van der Waals surface area contributed by atoms with Crippen molar-refractivity contribution < 1.29 is 53.1 Å². The van der Waals surface area contributed by atoms with Gasteiger partial charge in [0.2, 0.25) is 0 Å². The van der Waals surface area contributed by atoms with Crippen molar-refractivity contribution in [3.63, 3.8) is 0 Å². The van der Waals surface area contributed by atoms with E-state index >= 15 is 0 Å². The summed E-state index contributed by atoms with van der Waals surface area (Å²) in [6.07, 6.45) is -5.19. The third kappa shape index (κ3) is 6.83.